The van der Waals surface area contributed by atoms with E-state index >= 15 is 0 Å². The molecule has 0 aromatic heterocycles. The van der Waals surface area contributed by atoms with Gasteiger partial charge in [0.25, 0.3) is 0 Å². The van der Waals surface area contributed by atoms with Gasteiger partial charge in [-0.25, -0.2) is 0 Å². The number of hydrogen-bond donors (Lipinski definition) is 0. The van der Waals surface area contributed by atoms with Crippen molar-refractivity contribution >= 4 is 24.3 Å². The molecule has 0 bridgehead atoms. The fraction of sp³-hybridized carbons (Fsp3) is 0.375. The van der Waals surface area contributed by atoms with Crippen LogP contribution in [0.1, 0.15) is 34.6 Å². The van der Waals surface area contributed by atoms with E-state index in [0.29, 0.717) is 0 Å². The molecule has 0 aliphatic heterocycles. The largest absolute Gasteiger partial charge is 0.147 e. The van der Waals surface area contributed by atoms with E-state index in [1.165, 1.54) is 0 Å². The Kier molecular flexibility index (Phi) is 7.19. The van der Waals surface area contributed by atoms with Crippen molar-refractivity contribution in [1.29, 1.82) is 0 Å². The molecule has 1 aliphatic carbocycles. The number of terminal acetylenes is 2. The number of halogens is 1. The Balaban J connectivity index is 0.00000441. The Morgan fingerprint density at radius 3 is 1.68 bits per heavy atom. The predicted molar refractivity (Wildman–Crippen MR) is 82.0 cm³/mol. The van der Waals surface area contributed by atoms with Gasteiger partial charge >= 0.3 is 132 Å². The smallest absolute Gasteiger partial charge is 0.147 e. The van der Waals surface area contributed by atoms with Crippen LogP contribution in [-0.4, -0.2) is 11.9 Å². The Hall–Kier alpha value is -1.46. The molecule has 0 radical (unpaired) electrons. The minimum Gasteiger partial charge on any atom is -0.147 e. The fourth-order valence-corrected chi connectivity index (χ4v) is 5.31. The van der Waals surface area contributed by atoms with Gasteiger partial charge in [-0.15, -0.1) is 12.4 Å². The quantitative estimate of drug-likeness (QED) is 0.576. The molecule has 0 N–H and O–H groups in total. The van der Waals surface area contributed by atoms with Gasteiger partial charge in [-0.2, -0.15) is 0 Å². The SMILES string of the molecule is C#CC(=O)[O][Ti]([O]C(=O)C#C)[C]1=C(C)C(C)=C(C)C1(C)C.Cl. The Morgan fingerprint density at radius 2 is 1.41 bits per heavy atom. The summed E-state index contributed by atoms with van der Waals surface area (Å²) in [5.41, 5.74) is 2.87. The van der Waals surface area contributed by atoms with Crippen LogP contribution < -0.4 is 0 Å². The van der Waals surface area contributed by atoms with E-state index in [4.69, 9.17) is 19.5 Å². The van der Waals surface area contributed by atoms with E-state index in [-0.39, 0.29) is 17.8 Å². The molecule has 0 heterocycles. The third kappa shape index (κ3) is 3.84. The van der Waals surface area contributed by atoms with Crippen LogP contribution in [0, 0.1) is 30.1 Å². The van der Waals surface area contributed by atoms with Crippen LogP contribution in [0.2, 0.25) is 0 Å². The summed E-state index contributed by atoms with van der Waals surface area (Å²) in [6.45, 7) is 9.91. The molecule has 4 nitrogen and oxygen atoms in total. The molecule has 0 unspecified atom stereocenters. The molecule has 1 aliphatic rings. The molecule has 0 spiro atoms. The molecule has 0 aromatic rings. The number of carbonyl (C=O) groups excluding carboxylic acids is 2. The van der Waals surface area contributed by atoms with Gasteiger partial charge in [-0.3, -0.25) is 0 Å². The molecule has 6 heteroatoms. The standard InChI is InChI=1S/C10H15.2C3H2O2.ClH.Ti/c1-7-6-10(4,5)9(3)8(7)2;2*1-2-3(4)5;;/h1-5H3;2*1H,(H,4,5);1H;/q;;;;+2/p-2. The van der Waals surface area contributed by atoms with Crippen molar-refractivity contribution in [2.75, 3.05) is 0 Å². The molecule has 0 saturated carbocycles. The number of rotatable bonds is 3. The molecule has 22 heavy (non-hydrogen) atoms. The minimum absolute atomic E-state index is 0. The second-order valence-corrected chi connectivity index (χ2v) is 7.55. The zero-order valence-corrected chi connectivity index (χ0v) is 15.6. The first-order valence-electron chi connectivity index (χ1n) is 6.30. The second kappa shape index (κ2) is 7.70. The van der Waals surface area contributed by atoms with Crippen molar-refractivity contribution < 1.29 is 34.9 Å². The first kappa shape index (κ1) is 20.5. The maximum Gasteiger partial charge on any atom is -0.147 e. The van der Waals surface area contributed by atoms with E-state index in [0.717, 1.165) is 20.6 Å². The van der Waals surface area contributed by atoms with Crippen molar-refractivity contribution in [2.24, 2.45) is 5.41 Å². The zero-order valence-electron chi connectivity index (χ0n) is 13.2. The maximum atomic E-state index is 11.4. The van der Waals surface area contributed by atoms with Crippen LogP contribution in [0.5, 0.6) is 0 Å². The van der Waals surface area contributed by atoms with Crippen LogP contribution in [0.4, 0.5) is 0 Å². The molecule has 0 aromatic carbocycles. The van der Waals surface area contributed by atoms with Crippen molar-refractivity contribution in [3.05, 3.63) is 20.6 Å². The summed E-state index contributed by atoms with van der Waals surface area (Å²) in [7, 11) is 0. The van der Waals surface area contributed by atoms with E-state index in [1.54, 1.807) is 0 Å². The summed E-state index contributed by atoms with van der Waals surface area (Å²) in [6, 6.07) is 0. The van der Waals surface area contributed by atoms with Crippen molar-refractivity contribution in [3.63, 3.8) is 0 Å². The normalized spacial score (nSPS) is 15.4. The first-order chi connectivity index (χ1) is 9.66. The van der Waals surface area contributed by atoms with Crippen molar-refractivity contribution in [3.8, 4) is 24.7 Å². The molecule has 0 saturated heterocycles. The summed E-state index contributed by atoms with van der Waals surface area (Å²) >= 11 is -3.17. The van der Waals surface area contributed by atoms with Crippen molar-refractivity contribution in [2.45, 2.75) is 34.6 Å². The van der Waals surface area contributed by atoms with E-state index in [2.05, 4.69) is 0 Å². The maximum absolute atomic E-state index is 11.4. The molecular weight excluding hydrogens is 339 g/mol. The summed E-state index contributed by atoms with van der Waals surface area (Å²) in [5.74, 6) is 2.07. The Bertz CT molecular complexity index is 616. The number of carbonyl (C=O) groups is 2. The van der Waals surface area contributed by atoms with Gasteiger partial charge in [0.2, 0.25) is 0 Å². The topological polar surface area (TPSA) is 52.6 Å². The monoisotopic (exact) mass is 357 g/mol. The van der Waals surface area contributed by atoms with Crippen LogP contribution in [0.3, 0.4) is 0 Å². The molecular formula is C16H18ClO4Ti. The zero-order chi connectivity index (χ0) is 16.4. The number of allylic oxidation sites excluding steroid dienone is 4. The summed E-state index contributed by atoms with van der Waals surface area (Å²) in [5, 5.41) is 0. The van der Waals surface area contributed by atoms with Gasteiger partial charge in [0.15, 0.2) is 0 Å². The fourth-order valence-electron chi connectivity index (χ4n) is 2.35. The average Bonchev–Trinajstić information content (AvgIpc) is 2.58. The van der Waals surface area contributed by atoms with Crippen molar-refractivity contribution in [1.82, 2.24) is 0 Å². The van der Waals surface area contributed by atoms with Crippen LogP contribution in [-0.2, 0) is 34.9 Å². The minimum atomic E-state index is -3.17. The average molecular weight is 358 g/mol. The van der Waals surface area contributed by atoms with Crippen LogP contribution in [0.25, 0.3) is 0 Å². The van der Waals surface area contributed by atoms with Gasteiger partial charge in [0, 0.05) is 0 Å². The third-order valence-corrected chi connectivity index (χ3v) is 7.23. The van der Waals surface area contributed by atoms with Gasteiger partial charge in [0.1, 0.15) is 0 Å². The van der Waals surface area contributed by atoms with E-state index < -0.39 is 30.6 Å². The van der Waals surface area contributed by atoms with Gasteiger partial charge in [-0.05, 0) is 0 Å². The van der Waals surface area contributed by atoms with Gasteiger partial charge in [0.05, 0.1) is 0 Å². The summed E-state index contributed by atoms with van der Waals surface area (Å²) < 4.78 is 11.3. The molecule has 1 rings (SSSR count). The first-order valence-corrected chi connectivity index (χ1v) is 8.36. The van der Waals surface area contributed by atoms with E-state index in [1.807, 2.05) is 46.5 Å². The number of hydrogen-bond acceptors (Lipinski definition) is 4. The van der Waals surface area contributed by atoms with Gasteiger partial charge < -0.3 is 0 Å². The molecule has 0 amide bonds. The molecule has 0 fully saturated rings. The van der Waals surface area contributed by atoms with Gasteiger partial charge in [-0.1, -0.05) is 0 Å². The third-order valence-electron chi connectivity index (χ3n) is 3.87. The second-order valence-electron chi connectivity index (χ2n) is 5.23. The summed E-state index contributed by atoms with van der Waals surface area (Å²) in [4.78, 5) is 22.9. The summed E-state index contributed by atoms with van der Waals surface area (Å²) in [6.07, 6.45) is 10.1. The van der Waals surface area contributed by atoms with E-state index in [9.17, 15) is 9.59 Å². The molecule has 0 atom stereocenters. The van der Waals surface area contributed by atoms with Crippen LogP contribution in [0.15, 0.2) is 20.6 Å². The van der Waals surface area contributed by atoms with Crippen LogP contribution >= 0.6 is 12.4 Å². The molecule has 117 valence electrons. The Morgan fingerprint density at radius 1 is 1.00 bits per heavy atom. The predicted octanol–water partition coefficient (Wildman–Crippen LogP) is 2.86. The Labute approximate surface area is 144 Å².